The maximum Gasteiger partial charge on any atom is 0.233 e. The number of benzene rings is 1. The summed E-state index contributed by atoms with van der Waals surface area (Å²) in [5, 5.41) is 22.3. The number of rotatable bonds is 7. The lowest BCUT2D eigenvalue weighted by atomic mass is 10.0. The normalized spacial score (nSPS) is 12.0. The van der Waals surface area contributed by atoms with Crippen LogP contribution in [0.25, 0.3) is 0 Å². The SMILES string of the molecule is CC(C)(CN(CC(C)(C)[N+](=O)[O-])c1ccc(N)cc1)[N+](=O)[O-]. The van der Waals surface area contributed by atoms with Crippen LogP contribution in [0.2, 0.25) is 0 Å². The minimum atomic E-state index is -1.23. The Balaban J connectivity index is 3.13. The van der Waals surface area contributed by atoms with Crippen molar-refractivity contribution in [2.24, 2.45) is 0 Å². The van der Waals surface area contributed by atoms with Crippen molar-refractivity contribution in [2.45, 2.75) is 38.8 Å². The lowest BCUT2D eigenvalue weighted by molar-refractivity contribution is -0.561. The lowest BCUT2D eigenvalue weighted by Crippen LogP contribution is -2.51. The molecule has 0 saturated heterocycles. The highest BCUT2D eigenvalue weighted by Gasteiger charge is 2.39. The summed E-state index contributed by atoms with van der Waals surface area (Å²) < 4.78 is 0. The second-order valence-electron chi connectivity index (χ2n) is 6.59. The Kier molecular flexibility index (Phi) is 4.95. The van der Waals surface area contributed by atoms with Crippen LogP contribution in [-0.4, -0.2) is 34.0 Å². The van der Waals surface area contributed by atoms with Crippen molar-refractivity contribution in [1.29, 1.82) is 0 Å². The van der Waals surface area contributed by atoms with E-state index in [2.05, 4.69) is 0 Å². The molecule has 8 nitrogen and oxygen atoms in total. The van der Waals surface area contributed by atoms with Crippen LogP contribution in [0, 0.1) is 20.2 Å². The summed E-state index contributed by atoms with van der Waals surface area (Å²) in [5.41, 5.74) is 4.41. The van der Waals surface area contributed by atoms with Crippen molar-refractivity contribution >= 4 is 11.4 Å². The molecule has 0 atom stereocenters. The molecule has 0 amide bonds. The molecule has 1 aromatic carbocycles. The molecule has 0 heterocycles. The van der Waals surface area contributed by atoms with E-state index < -0.39 is 11.1 Å². The molecule has 0 radical (unpaired) electrons. The largest absolute Gasteiger partial charge is 0.399 e. The monoisotopic (exact) mass is 310 g/mol. The Morgan fingerprint density at radius 3 is 1.64 bits per heavy atom. The molecule has 0 saturated carbocycles. The maximum atomic E-state index is 11.2. The number of nitrogens with zero attached hydrogens (tertiary/aromatic N) is 3. The summed E-state index contributed by atoms with van der Waals surface area (Å²) in [7, 11) is 0. The van der Waals surface area contributed by atoms with Gasteiger partial charge in [-0.1, -0.05) is 0 Å². The molecule has 2 N–H and O–H groups in total. The van der Waals surface area contributed by atoms with Gasteiger partial charge in [0.2, 0.25) is 11.1 Å². The van der Waals surface area contributed by atoms with Gasteiger partial charge in [0.25, 0.3) is 0 Å². The van der Waals surface area contributed by atoms with Gasteiger partial charge in [-0.2, -0.15) is 0 Å². The maximum absolute atomic E-state index is 11.2. The average Bonchev–Trinajstić information content (AvgIpc) is 2.37. The fourth-order valence-corrected chi connectivity index (χ4v) is 1.97. The van der Waals surface area contributed by atoms with Gasteiger partial charge < -0.3 is 10.6 Å². The van der Waals surface area contributed by atoms with Crippen molar-refractivity contribution in [2.75, 3.05) is 23.7 Å². The Labute approximate surface area is 129 Å². The Bertz CT molecular complexity index is 526. The summed E-state index contributed by atoms with van der Waals surface area (Å²) in [6, 6.07) is 6.75. The van der Waals surface area contributed by atoms with Crippen LogP contribution in [0.5, 0.6) is 0 Å². The molecule has 0 aliphatic heterocycles. The highest BCUT2D eigenvalue weighted by atomic mass is 16.6. The van der Waals surface area contributed by atoms with Gasteiger partial charge in [-0.15, -0.1) is 0 Å². The number of nitrogen functional groups attached to an aromatic ring is 1. The number of nitro groups is 2. The molecule has 8 heteroatoms. The lowest BCUT2D eigenvalue weighted by Gasteiger charge is -2.32. The molecule has 0 bridgehead atoms. The molecule has 0 aromatic heterocycles. The van der Waals surface area contributed by atoms with Crippen LogP contribution in [0.15, 0.2) is 24.3 Å². The van der Waals surface area contributed by atoms with E-state index in [4.69, 9.17) is 5.73 Å². The molecule has 0 spiro atoms. The number of hydrogen-bond donors (Lipinski definition) is 1. The van der Waals surface area contributed by atoms with Crippen LogP contribution in [0.3, 0.4) is 0 Å². The summed E-state index contributed by atoms with van der Waals surface area (Å²) in [6.45, 7) is 6.10. The summed E-state index contributed by atoms with van der Waals surface area (Å²) >= 11 is 0. The first-order valence-corrected chi connectivity index (χ1v) is 6.85. The van der Waals surface area contributed by atoms with Crippen molar-refractivity contribution in [3.8, 4) is 0 Å². The van der Waals surface area contributed by atoms with Crippen LogP contribution < -0.4 is 10.6 Å². The molecule has 0 aliphatic carbocycles. The van der Waals surface area contributed by atoms with E-state index in [1.807, 2.05) is 0 Å². The van der Waals surface area contributed by atoms with Gasteiger partial charge in [-0.3, -0.25) is 20.2 Å². The predicted octanol–water partition coefficient (Wildman–Crippen LogP) is 2.19. The van der Waals surface area contributed by atoms with E-state index >= 15 is 0 Å². The smallest absolute Gasteiger partial charge is 0.233 e. The Hall–Kier alpha value is -2.38. The van der Waals surface area contributed by atoms with E-state index in [1.54, 1.807) is 29.2 Å². The second-order valence-corrected chi connectivity index (χ2v) is 6.59. The third-order valence-electron chi connectivity index (χ3n) is 3.40. The van der Waals surface area contributed by atoms with Gasteiger partial charge in [0.05, 0.1) is 13.1 Å². The highest BCUT2D eigenvalue weighted by molar-refractivity contribution is 5.53. The molecule has 0 unspecified atom stereocenters. The molecular weight excluding hydrogens is 288 g/mol. The molecule has 122 valence electrons. The van der Waals surface area contributed by atoms with Crippen LogP contribution in [0.1, 0.15) is 27.7 Å². The quantitative estimate of drug-likeness (QED) is 0.469. The summed E-state index contributed by atoms with van der Waals surface area (Å²) in [6.07, 6.45) is 0. The van der Waals surface area contributed by atoms with E-state index in [1.165, 1.54) is 27.7 Å². The van der Waals surface area contributed by atoms with Crippen molar-refractivity contribution < 1.29 is 9.85 Å². The molecular formula is C14H22N4O4. The number of nitrogens with two attached hydrogens (primary N) is 1. The summed E-state index contributed by atoms with van der Waals surface area (Å²) in [4.78, 5) is 23.2. The van der Waals surface area contributed by atoms with Crippen molar-refractivity contribution in [3.63, 3.8) is 0 Å². The highest BCUT2D eigenvalue weighted by Crippen LogP contribution is 2.23. The van der Waals surface area contributed by atoms with E-state index in [0.717, 1.165) is 0 Å². The minimum Gasteiger partial charge on any atom is -0.399 e. The van der Waals surface area contributed by atoms with Gasteiger partial charge in [-0.25, -0.2) is 0 Å². The molecule has 0 aliphatic rings. The zero-order valence-corrected chi connectivity index (χ0v) is 13.3. The second kappa shape index (κ2) is 6.17. The predicted molar refractivity (Wildman–Crippen MR) is 85.2 cm³/mol. The molecule has 1 aromatic rings. The van der Waals surface area contributed by atoms with Crippen molar-refractivity contribution in [1.82, 2.24) is 0 Å². The van der Waals surface area contributed by atoms with E-state index in [-0.39, 0.29) is 22.9 Å². The number of anilines is 2. The van der Waals surface area contributed by atoms with Crippen LogP contribution >= 0.6 is 0 Å². The molecule has 0 fully saturated rings. The Morgan fingerprint density at radius 2 is 1.32 bits per heavy atom. The first kappa shape index (κ1) is 17.7. The van der Waals surface area contributed by atoms with Gasteiger partial charge in [0.15, 0.2) is 0 Å². The zero-order chi connectivity index (χ0) is 17.1. The molecule has 1 rings (SSSR count). The number of hydrogen-bond acceptors (Lipinski definition) is 6. The van der Waals surface area contributed by atoms with E-state index in [0.29, 0.717) is 11.4 Å². The van der Waals surface area contributed by atoms with Gasteiger partial charge >= 0.3 is 0 Å². The molecule has 22 heavy (non-hydrogen) atoms. The van der Waals surface area contributed by atoms with Crippen LogP contribution in [-0.2, 0) is 0 Å². The summed E-state index contributed by atoms with van der Waals surface area (Å²) in [5.74, 6) is 0. The first-order chi connectivity index (χ1) is 9.95. The minimum absolute atomic E-state index is 0.0567. The van der Waals surface area contributed by atoms with Crippen molar-refractivity contribution in [3.05, 3.63) is 44.5 Å². The standard InChI is InChI=1S/C14H22N4O4/c1-13(2,17(19)20)9-16(10-14(3,4)18(21)22)12-7-5-11(15)6-8-12/h5-8H,9-10,15H2,1-4H3. The zero-order valence-electron chi connectivity index (χ0n) is 13.3. The van der Waals surface area contributed by atoms with E-state index in [9.17, 15) is 20.2 Å². The van der Waals surface area contributed by atoms with Gasteiger partial charge in [0, 0.05) is 48.9 Å². The van der Waals surface area contributed by atoms with Gasteiger partial charge in [-0.05, 0) is 24.3 Å². The Morgan fingerprint density at radius 1 is 0.955 bits per heavy atom. The first-order valence-electron chi connectivity index (χ1n) is 6.85. The third-order valence-corrected chi connectivity index (χ3v) is 3.40. The average molecular weight is 310 g/mol. The fourth-order valence-electron chi connectivity index (χ4n) is 1.97. The topological polar surface area (TPSA) is 116 Å². The fraction of sp³-hybridized carbons (Fsp3) is 0.571. The van der Waals surface area contributed by atoms with Gasteiger partial charge in [0.1, 0.15) is 0 Å². The third kappa shape index (κ3) is 4.31. The van der Waals surface area contributed by atoms with Crippen LogP contribution in [0.4, 0.5) is 11.4 Å².